The van der Waals surface area contributed by atoms with E-state index >= 15 is 0 Å². The quantitative estimate of drug-likeness (QED) is 0.0261. The van der Waals surface area contributed by atoms with Gasteiger partial charge in [0.25, 0.3) is 0 Å². The third-order valence-electron chi connectivity index (χ3n) is 12.8. The molecule has 0 unspecified atom stereocenters. The highest BCUT2D eigenvalue weighted by Gasteiger charge is 2.19. The number of carbonyl (C=O) groups excluding carboxylic acids is 3. The fourth-order valence-corrected chi connectivity index (χ4v) is 8.15. The van der Waals surface area contributed by atoms with Crippen molar-refractivity contribution in [1.82, 2.24) is 0 Å². The summed E-state index contributed by atoms with van der Waals surface area (Å²) < 4.78 is 16.8. The molecule has 6 nitrogen and oxygen atoms in total. The van der Waals surface area contributed by atoms with Crippen LogP contribution in [0.5, 0.6) is 0 Å². The lowest BCUT2D eigenvalue weighted by atomic mass is 10.0. The highest BCUT2D eigenvalue weighted by molar-refractivity contribution is 5.71. The SMILES string of the molecule is CC/C=C\C/C=C\C/C=C\C/C=C\C/C=C\C/C=C\CCC(=O)OC[C@H](COC(=O)CCCCCCCCCCCCC/C=C\CCCCCCCC)OC(=O)CC/C=C\C/C=C\C/C=C\C/C=C\C/C=C\CCCCC. The average molecular weight is 1060 g/mol. The molecule has 0 aliphatic rings. The van der Waals surface area contributed by atoms with Gasteiger partial charge in [0, 0.05) is 19.3 Å². The number of hydrogen-bond acceptors (Lipinski definition) is 6. The number of rotatable bonds is 55. The van der Waals surface area contributed by atoms with Crippen molar-refractivity contribution in [3.63, 3.8) is 0 Å². The van der Waals surface area contributed by atoms with Gasteiger partial charge in [0.05, 0.1) is 0 Å². The standard InChI is InChI=1S/C71H114O6/c1-4-7-10-13-16-19-22-25-28-31-34-35-38-40-43-46-49-52-55-58-61-64-70(73)76-67-68(77-71(74)65-62-59-56-53-50-47-44-41-37-33-30-27-24-21-18-15-12-9-6-3)66-75-69(72)63-60-57-54-51-48-45-42-39-36-32-29-26-23-20-17-14-11-8-5-2/h8,11,17-18,20-21,25-30,36-37,39,41,45,47-48,50,54,56-57,59,68H,4-7,9-10,12-16,19,22-24,31-35,38,40,42-44,46,49,51-53,55,58,60-67H2,1-3H3/b11-8-,20-17-,21-18-,28-25-,29-26-,30-27-,39-36-,41-37-,48-45-,50-47-,57-54-,59-56-/t68-/m1/s1. The van der Waals surface area contributed by atoms with Crippen molar-refractivity contribution in [2.24, 2.45) is 0 Å². The van der Waals surface area contributed by atoms with E-state index in [1.165, 1.54) is 128 Å². The maximum atomic E-state index is 12.9. The summed E-state index contributed by atoms with van der Waals surface area (Å²) in [4.78, 5) is 38.2. The maximum Gasteiger partial charge on any atom is 0.306 e. The minimum Gasteiger partial charge on any atom is -0.462 e. The van der Waals surface area contributed by atoms with Gasteiger partial charge in [0.15, 0.2) is 6.10 Å². The maximum absolute atomic E-state index is 12.9. The molecule has 0 aliphatic heterocycles. The smallest absolute Gasteiger partial charge is 0.306 e. The van der Waals surface area contributed by atoms with Crippen LogP contribution in [0, 0.1) is 0 Å². The van der Waals surface area contributed by atoms with Crippen LogP contribution in [0.25, 0.3) is 0 Å². The zero-order valence-corrected chi connectivity index (χ0v) is 49.7. The van der Waals surface area contributed by atoms with Crippen LogP contribution in [-0.2, 0) is 28.6 Å². The molecule has 0 rings (SSSR count). The van der Waals surface area contributed by atoms with Crippen molar-refractivity contribution < 1.29 is 28.6 Å². The van der Waals surface area contributed by atoms with E-state index in [-0.39, 0.29) is 38.0 Å². The zero-order valence-electron chi connectivity index (χ0n) is 49.7. The van der Waals surface area contributed by atoms with Crippen LogP contribution in [0.4, 0.5) is 0 Å². The summed E-state index contributed by atoms with van der Waals surface area (Å²) in [5, 5.41) is 0. The molecule has 0 heterocycles. The van der Waals surface area contributed by atoms with Crippen LogP contribution in [0.3, 0.4) is 0 Å². The Kier molecular flexibility index (Phi) is 59.9. The second-order valence-electron chi connectivity index (χ2n) is 20.2. The molecular weight excluding hydrogens is 949 g/mol. The van der Waals surface area contributed by atoms with Crippen molar-refractivity contribution in [2.75, 3.05) is 13.2 Å². The van der Waals surface area contributed by atoms with E-state index in [0.717, 1.165) is 83.5 Å². The van der Waals surface area contributed by atoms with Gasteiger partial charge in [-0.3, -0.25) is 14.4 Å². The Morgan fingerprint density at radius 1 is 0.273 bits per heavy atom. The summed E-state index contributed by atoms with van der Waals surface area (Å²) in [6.07, 6.45) is 91.6. The van der Waals surface area contributed by atoms with E-state index in [1.54, 1.807) is 0 Å². The molecule has 0 fully saturated rings. The number of unbranched alkanes of at least 4 members (excludes halogenated alkanes) is 20. The van der Waals surface area contributed by atoms with E-state index < -0.39 is 12.1 Å². The Morgan fingerprint density at radius 2 is 0.532 bits per heavy atom. The second kappa shape index (κ2) is 63.8. The van der Waals surface area contributed by atoms with Gasteiger partial charge in [-0.2, -0.15) is 0 Å². The fraction of sp³-hybridized carbons (Fsp3) is 0.620. The first-order valence-electron chi connectivity index (χ1n) is 31.3. The van der Waals surface area contributed by atoms with Gasteiger partial charge in [0.2, 0.25) is 0 Å². The number of ether oxygens (including phenoxy) is 3. The molecule has 0 saturated carbocycles. The van der Waals surface area contributed by atoms with Gasteiger partial charge in [0.1, 0.15) is 13.2 Å². The summed E-state index contributed by atoms with van der Waals surface area (Å²) >= 11 is 0. The summed E-state index contributed by atoms with van der Waals surface area (Å²) in [6.45, 7) is 6.37. The van der Waals surface area contributed by atoms with Crippen molar-refractivity contribution >= 4 is 17.9 Å². The van der Waals surface area contributed by atoms with Crippen LogP contribution < -0.4 is 0 Å². The molecule has 0 spiro atoms. The van der Waals surface area contributed by atoms with Gasteiger partial charge in [-0.25, -0.2) is 0 Å². The van der Waals surface area contributed by atoms with Gasteiger partial charge >= 0.3 is 17.9 Å². The molecule has 0 amide bonds. The van der Waals surface area contributed by atoms with Gasteiger partial charge in [-0.1, -0.05) is 269 Å². The van der Waals surface area contributed by atoms with Crippen LogP contribution in [0.2, 0.25) is 0 Å². The van der Waals surface area contributed by atoms with Crippen molar-refractivity contribution in [2.45, 2.75) is 271 Å². The number of allylic oxidation sites excluding steroid dienone is 24. The summed E-state index contributed by atoms with van der Waals surface area (Å²) in [5.74, 6) is -1.11. The number of carbonyl (C=O) groups is 3. The van der Waals surface area contributed by atoms with E-state index in [9.17, 15) is 14.4 Å². The molecule has 0 bridgehead atoms. The first-order valence-corrected chi connectivity index (χ1v) is 31.3. The lowest BCUT2D eigenvalue weighted by Crippen LogP contribution is -2.30. The largest absolute Gasteiger partial charge is 0.462 e. The first kappa shape index (κ1) is 72.3. The van der Waals surface area contributed by atoms with Crippen LogP contribution in [0.1, 0.15) is 265 Å². The first-order chi connectivity index (χ1) is 38.0. The lowest BCUT2D eigenvalue weighted by molar-refractivity contribution is -0.166. The van der Waals surface area contributed by atoms with Crippen LogP contribution in [-0.4, -0.2) is 37.2 Å². The minimum absolute atomic E-state index is 0.136. The molecule has 0 aliphatic carbocycles. The lowest BCUT2D eigenvalue weighted by Gasteiger charge is -2.18. The van der Waals surface area contributed by atoms with Crippen LogP contribution >= 0.6 is 0 Å². The normalized spacial score (nSPS) is 13.1. The summed E-state index contributed by atoms with van der Waals surface area (Å²) in [6, 6.07) is 0. The van der Waals surface area contributed by atoms with E-state index in [2.05, 4.69) is 142 Å². The Labute approximate surface area is 474 Å². The van der Waals surface area contributed by atoms with E-state index in [1.807, 2.05) is 24.3 Å². The molecule has 0 aromatic rings. The minimum atomic E-state index is -0.856. The third-order valence-corrected chi connectivity index (χ3v) is 12.8. The van der Waals surface area contributed by atoms with Crippen molar-refractivity contribution in [3.8, 4) is 0 Å². The van der Waals surface area contributed by atoms with Crippen LogP contribution in [0.15, 0.2) is 146 Å². The predicted molar refractivity (Wildman–Crippen MR) is 334 cm³/mol. The highest BCUT2D eigenvalue weighted by Crippen LogP contribution is 2.14. The van der Waals surface area contributed by atoms with Gasteiger partial charge < -0.3 is 14.2 Å². The topological polar surface area (TPSA) is 78.9 Å². The molecule has 0 saturated heterocycles. The van der Waals surface area contributed by atoms with Gasteiger partial charge in [-0.15, -0.1) is 0 Å². The van der Waals surface area contributed by atoms with E-state index in [4.69, 9.17) is 14.2 Å². The molecule has 0 aromatic heterocycles. The van der Waals surface area contributed by atoms with Crippen molar-refractivity contribution in [3.05, 3.63) is 146 Å². The molecular formula is C71H114O6. The predicted octanol–water partition coefficient (Wildman–Crippen LogP) is 21.5. The summed E-state index contributed by atoms with van der Waals surface area (Å²) in [5.41, 5.74) is 0. The van der Waals surface area contributed by atoms with E-state index in [0.29, 0.717) is 19.3 Å². The fourth-order valence-electron chi connectivity index (χ4n) is 8.15. The molecule has 6 heteroatoms. The Morgan fingerprint density at radius 3 is 0.909 bits per heavy atom. The second-order valence-corrected chi connectivity index (χ2v) is 20.2. The molecule has 0 aromatic carbocycles. The average Bonchev–Trinajstić information content (AvgIpc) is 3.43. The number of hydrogen-bond donors (Lipinski definition) is 0. The number of esters is 3. The monoisotopic (exact) mass is 1060 g/mol. The molecule has 434 valence electrons. The van der Waals surface area contributed by atoms with Crippen molar-refractivity contribution in [1.29, 1.82) is 0 Å². The Bertz CT molecular complexity index is 1700. The molecule has 0 radical (unpaired) electrons. The molecule has 0 N–H and O–H groups in total. The third kappa shape index (κ3) is 62.0. The van der Waals surface area contributed by atoms with Gasteiger partial charge in [-0.05, 0) is 122 Å². The Balaban J connectivity index is 4.59. The highest BCUT2D eigenvalue weighted by atomic mass is 16.6. The summed E-state index contributed by atoms with van der Waals surface area (Å²) in [7, 11) is 0. The molecule has 1 atom stereocenters. The zero-order chi connectivity index (χ0) is 55.7. The Hall–Kier alpha value is -4.71. The molecule has 77 heavy (non-hydrogen) atoms.